The quantitative estimate of drug-likeness (QED) is 0.852. The SMILES string of the molecule is COc1cc2c(cc1O)[C@]13C[C@@H](OC)CC=C1CCN3CCC2. The van der Waals surface area contributed by atoms with Gasteiger partial charge in [0.1, 0.15) is 0 Å². The van der Waals surface area contributed by atoms with Gasteiger partial charge in [-0.3, -0.25) is 4.90 Å². The number of nitrogens with zero attached hydrogens (tertiary/aromatic N) is 1. The topological polar surface area (TPSA) is 41.9 Å². The van der Waals surface area contributed by atoms with E-state index in [1.807, 2.05) is 19.2 Å². The van der Waals surface area contributed by atoms with E-state index in [1.165, 1.54) is 16.7 Å². The Balaban J connectivity index is 1.92. The van der Waals surface area contributed by atoms with Crippen molar-refractivity contribution in [3.63, 3.8) is 0 Å². The van der Waals surface area contributed by atoms with Gasteiger partial charge in [0.15, 0.2) is 11.5 Å². The van der Waals surface area contributed by atoms with Gasteiger partial charge in [0, 0.05) is 20.1 Å². The largest absolute Gasteiger partial charge is 0.504 e. The van der Waals surface area contributed by atoms with Gasteiger partial charge >= 0.3 is 0 Å². The minimum absolute atomic E-state index is 0.0888. The van der Waals surface area contributed by atoms with Crippen molar-refractivity contribution in [2.24, 2.45) is 0 Å². The molecule has 3 aliphatic rings. The molecule has 2 aliphatic heterocycles. The van der Waals surface area contributed by atoms with Crippen LogP contribution in [0.5, 0.6) is 11.5 Å². The molecule has 1 aromatic carbocycles. The summed E-state index contributed by atoms with van der Waals surface area (Å²) in [6.45, 7) is 2.21. The van der Waals surface area contributed by atoms with Crippen LogP contribution in [0, 0.1) is 0 Å². The van der Waals surface area contributed by atoms with E-state index in [0.29, 0.717) is 5.75 Å². The predicted molar refractivity (Wildman–Crippen MR) is 89.0 cm³/mol. The number of rotatable bonds is 2. The normalized spacial score (nSPS) is 30.0. The first-order chi connectivity index (χ1) is 11.2. The molecular formula is C19H25NO3. The lowest BCUT2D eigenvalue weighted by Crippen LogP contribution is -2.46. The van der Waals surface area contributed by atoms with Crippen molar-refractivity contribution in [1.82, 2.24) is 4.90 Å². The average Bonchev–Trinajstić information content (AvgIpc) is 2.87. The number of fused-ring (bicyclic) bond motifs is 1. The van der Waals surface area contributed by atoms with Crippen LogP contribution >= 0.6 is 0 Å². The molecule has 4 nitrogen and oxygen atoms in total. The standard InChI is InChI=1S/C19H25NO3/c1-22-15-6-5-14-7-9-20-8-3-4-13-10-18(23-2)17(21)11-16(13)19(14,20)12-15/h5,10-11,15,21H,3-4,6-9,12H2,1-2H3/t15-,19-/m0/s1. The summed E-state index contributed by atoms with van der Waals surface area (Å²) in [5.41, 5.74) is 4.00. The maximum Gasteiger partial charge on any atom is 0.160 e. The van der Waals surface area contributed by atoms with Crippen molar-refractivity contribution < 1.29 is 14.6 Å². The lowest BCUT2D eigenvalue weighted by atomic mass is 9.73. The van der Waals surface area contributed by atoms with Gasteiger partial charge < -0.3 is 14.6 Å². The molecule has 0 aromatic heterocycles. The van der Waals surface area contributed by atoms with Crippen molar-refractivity contribution in [2.75, 3.05) is 27.3 Å². The molecule has 23 heavy (non-hydrogen) atoms. The molecule has 124 valence electrons. The lowest BCUT2D eigenvalue weighted by Gasteiger charge is -2.44. The van der Waals surface area contributed by atoms with E-state index in [0.717, 1.165) is 45.2 Å². The first-order valence-electron chi connectivity index (χ1n) is 8.56. The van der Waals surface area contributed by atoms with Crippen LogP contribution in [-0.4, -0.2) is 43.4 Å². The first kappa shape index (κ1) is 15.0. The highest BCUT2D eigenvalue weighted by Crippen LogP contribution is 2.53. The predicted octanol–water partition coefficient (Wildman–Crippen LogP) is 2.98. The number of methoxy groups -OCH3 is 2. The van der Waals surface area contributed by atoms with Crippen molar-refractivity contribution in [3.05, 3.63) is 34.9 Å². The molecule has 2 atom stereocenters. The van der Waals surface area contributed by atoms with Crippen LogP contribution in [0.4, 0.5) is 0 Å². The monoisotopic (exact) mass is 315 g/mol. The summed E-state index contributed by atoms with van der Waals surface area (Å²) in [7, 11) is 3.42. The highest BCUT2D eigenvalue weighted by atomic mass is 16.5. The van der Waals surface area contributed by atoms with Gasteiger partial charge in [-0.25, -0.2) is 0 Å². The third-order valence-electron chi connectivity index (χ3n) is 5.93. The van der Waals surface area contributed by atoms with Crippen LogP contribution in [0.2, 0.25) is 0 Å². The van der Waals surface area contributed by atoms with Crippen molar-refractivity contribution in [3.8, 4) is 11.5 Å². The number of ether oxygens (including phenoxy) is 2. The highest BCUT2D eigenvalue weighted by molar-refractivity contribution is 5.54. The fraction of sp³-hybridized carbons (Fsp3) is 0.579. The van der Waals surface area contributed by atoms with Gasteiger partial charge in [-0.1, -0.05) is 6.08 Å². The summed E-state index contributed by atoms with van der Waals surface area (Å²) in [5, 5.41) is 10.4. The van der Waals surface area contributed by atoms with E-state index in [4.69, 9.17) is 9.47 Å². The Bertz CT molecular complexity index is 654. The van der Waals surface area contributed by atoms with E-state index in [-0.39, 0.29) is 17.4 Å². The van der Waals surface area contributed by atoms with Gasteiger partial charge in [-0.15, -0.1) is 0 Å². The van der Waals surface area contributed by atoms with E-state index in [9.17, 15) is 5.11 Å². The Labute approximate surface area is 137 Å². The molecule has 0 saturated carbocycles. The third-order valence-corrected chi connectivity index (χ3v) is 5.93. The van der Waals surface area contributed by atoms with E-state index in [2.05, 4.69) is 11.0 Å². The van der Waals surface area contributed by atoms with Gasteiger partial charge in [0.2, 0.25) is 0 Å². The zero-order valence-corrected chi connectivity index (χ0v) is 14.0. The number of aryl methyl sites for hydroxylation is 1. The number of aromatic hydroxyl groups is 1. The molecule has 0 amide bonds. The molecule has 1 N–H and O–H groups in total. The molecule has 4 heteroatoms. The Morgan fingerprint density at radius 3 is 2.87 bits per heavy atom. The number of hydrogen-bond donors (Lipinski definition) is 1. The zero-order valence-electron chi connectivity index (χ0n) is 14.0. The van der Waals surface area contributed by atoms with Crippen molar-refractivity contribution >= 4 is 0 Å². The second-order valence-electron chi connectivity index (χ2n) is 6.91. The molecule has 1 aromatic rings. The molecule has 1 spiro atoms. The van der Waals surface area contributed by atoms with Crippen LogP contribution in [-0.2, 0) is 16.7 Å². The second-order valence-corrected chi connectivity index (χ2v) is 6.91. The van der Waals surface area contributed by atoms with Gasteiger partial charge in [0.05, 0.1) is 18.8 Å². The zero-order chi connectivity index (χ0) is 16.0. The molecule has 2 heterocycles. The Kier molecular flexibility index (Phi) is 3.62. The van der Waals surface area contributed by atoms with E-state index >= 15 is 0 Å². The number of phenols is 1. The molecule has 0 unspecified atom stereocenters. The molecule has 1 saturated heterocycles. The molecular weight excluding hydrogens is 290 g/mol. The Morgan fingerprint density at radius 1 is 1.22 bits per heavy atom. The van der Waals surface area contributed by atoms with Crippen molar-refractivity contribution in [1.29, 1.82) is 0 Å². The van der Waals surface area contributed by atoms with E-state index in [1.54, 1.807) is 7.11 Å². The maximum atomic E-state index is 10.4. The molecule has 4 rings (SSSR count). The van der Waals surface area contributed by atoms with E-state index < -0.39 is 0 Å². The summed E-state index contributed by atoms with van der Waals surface area (Å²) in [6, 6.07) is 3.99. The minimum Gasteiger partial charge on any atom is -0.504 e. The number of phenolic OH excluding ortho intramolecular Hbond substituents is 1. The van der Waals surface area contributed by atoms with Gasteiger partial charge in [-0.2, -0.15) is 0 Å². The van der Waals surface area contributed by atoms with Crippen LogP contribution < -0.4 is 4.74 Å². The average molecular weight is 315 g/mol. The van der Waals surface area contributed by atoms with Gasteiger partial charge in [0.25, 0.3) is 0 Å². The Morgan fingerprint density at radius 2 is 2.09 bits per heavy atom. The summed E-state index contributed by atoms with van der Waals surface area (Å²) in [4.78, 5) is 2.61. The fourth-order valence-electron chi connectivity index (χ4n) is 4.84. The second kappa shape index (κ2) is 5.53. The minimum atomic E-state index is -0.0888. The summed E-state index contributed by atoms with van der Waals surface area (Å²) >= 11 is 0. The third kappa shape index (κ3) is 2.12. The lowest BCUT2D eigenvalue weighted by molar-refractivity contribution is 0.0346. The number of hydrogen-bond acceptors (Lipinski definition) is 4. The first-order valence-corrected chi connectivity index (χ1v) is 8.56. The molecule has 1 aliphatic carbocycles. The fourth-order valence-corrected chi connectivity index (χ4v) is 4.84. The van der Waals surface area contributed by atoms with Crippen LogP contribution in [0.25, 0.3) is 0 Å². The summed E-state index contributed by atoms with van der Waals surface area (Å²) in [5.74, 6) is 0.824. The molecule has 0 radical (unpaired) electrons. The van der Waals surface area contributed by atoms with Crippen LogP contribution in [0.15, 0.2) is 23.8 Å². The smallest absolute Gasteiger partial charge is 0.160 e. The maximum absolute atomic E-state index is 10.4. The van der Waals surface area contributed by atoms with Crippen molar-refractivity contribution in [2.45, 2.75) is 43.7 Å². The Hall–Kier alpha value is -1.52. The summed E-state index contributed by atoms with van der Waals surface area (Å²) in [6.07, 6.45) is 7.92. The highest BCUT2D eigenvalue weighted by Gasteiger charge is 2.50. The molecule has 0 bridgehead atoms. The van der Waals surface area contributed by atoms with Crippen LogP contribution in [0.3, 0.4) is 0 Å². The molecule has 1 fully saturated rings. The van der Waals surface area contributed by atoms with Gasteiger partial charge in [-0.05, 0) is 61.1 Å². The summed E-state index contributed by atoms with van der Waals surface area (Å²) < 4.78 is 11.1. The van der Waals surface area contributed by atoms with Crippen LogP contribution in [0.1, 0.15) is 36.8 Å². The number of benzene rings is 1.